The molecular weight excluding hydrogens is 849 g/mol. The Labute approximate surface area is 336 Å². The van der Waals surface area contributed by atoms with Gasteiger partial charge in [-0.25, -0.2) is 8.42 Å². The van der Waals surface area contributed by atoms with Gasteiger partial charge in [0, 0.05) is 80.2 Å². The number of nitrogens with one attached hydrogen (secondary N) is 3. The van der Waals surface area contributed by atoms with Crippen molar-refractivity contribution in [2.24, 2.45) is 0 Å². The molecule has 0 spiro atoms. The van der Waals surface area contributed by atoms with Crippen LogP contribution in [0.1, 0.15) is 22.3 Å². The van der Waals surface area contributed by atoms with Gasteiger partial charge in [-0.15, -0.1) is 0 Å². The summed E-state index contributed by atoms with van der Waals surface area (Å²) in [6.07, 6.45) is 9.73. The van der Waals surface area contributed by atoms with Crippen LogP contribution in [0.5, 0.6) is 0 Å². The number of hydrogen-bond donors (Lipinski definition) is 4. The molecule has 3 aromatic carbocycles. The van der Waals surface area contributed by atoms with Crippen LogP contribution >= 0.6 is 49.6 Å². The Morgan fingerprint density at radius 3 is 1.49 bits per heavy atom. The molecule has 0 aliphatic rings. The Balaban J connectivity index is 0.000000205. The van der Waals surface area contributed by atoms with Gasteiger partial charge >= 0.3 is 5.20 Å². The van der Waals surface area contributed by atoms with Crippen molar-refractivity contribution >= 4 is 134 Å². The number of H-pyrrole nitrogens is 3. The topological polar surface area (TPSA) is 192 Å². The van der Waals surface area contributed by atoms with Gasteiger partial charge in [-0.2, -0.15) is 8.42 Å². The maximum atomic E-state index is 11.4. The third kappa shape index (κ3) is 10.5. The minimum atomic E-state index is -4.23. The highest BCUT2D eigenvalue weighted by atomic mass is 36.0. The summed E-state index contributed by atoms with van der Waals surface area (Å²) < 4.78 is 63.6. The number of hydrogen-bond acceptors (Lipinski definition) is 8. The summed E-state index contributed by atoms with van der Waals surface area (Å²) in [5, 5.41) is 2.03. The van der Waals surface area contributed by atoms with Crippen molar-refractivity contribution in [2.45, 2.75) is 32.1 Å². The average Bonchev–Trinajstić information content (AvgIpc) is 3.86. The summed E-state index contributed by atoms with van der Waals surface area (Å²) >= 11 is 13.8. The first-order chi connectivity index (χ1) is 24.6. The predicted molar refractivity (Wildman–Crippen MR) is 229 cm³/mol. The fourth-order valence-electron chi connectivity index (χ4n) is 5.48. The lowest BCUT2D eigenvalue weighted by Gasteiger charge is -1.99. The van der Waals surface area contributed by atoms with Crippen molar-refractivity contribution < 1.29 is 26.0 Å². The fraction of sp³-hybridized carbons (Fsp3) is 0.0833. The number of benzene rings is 3. The molecule has 0 fully saturated rings. The van der Waals surface area contributed by atoms with Crippen molar-refractivity contribution in [3.8, 4) is 0 Å². The molecular formula is C36H35Cl4N6O6PS2. The van der Waals surface area contributed by atoms with Crippen LogP contribution in [-0.2, 0) is 23.7 Å². The van der Waals surface area contributed by atoms with Crippen LogP contribution in [0.4, 0.5) is 0 Å². The Hall–Kier alpha value is -4.24. The molecule has 9 rings (SSSR count). The predicted octanol–water partition coefficient (Wildman–Crippen LogP) is 12.0. The van der Waals surface area contributed by atoms with E-state index in [0.717, 1.165) is 32.8 Å². The standard InChI is InChI=1S/C11H7ClN2O2S.C11H8N2O3S.C11H8N2.3CH4.Cl3OP/c12-17(15,16)9-6-14-11-8(9)4-3-7-2-1-5-13-10(7)11;14-17(15,16)9-6-13-11-8(9)4-3-7-2-1-5-12-10(7)11;1-2-8-3-4-9-5-7-13-11(9)10(8)12-6-1;;;;1-5(2,3)4/h1-6,13H;1-6,12H,(H,14,15,16);1-7,13H;3*1H4;. The normalized spacial score (nSPS) is 11.3. The number of aromatic nitrogens is 6. The van der Waals surface area contributed by atoms with Crippen molar-refractivity contribution in [1.82, 2.24) is 29.9 Å². The summed E-state index contributed by atoms with van der Waals surface area (Å²) in [7, 11) is -2.64. The van der Waals surface area contributed by atoms with E-state index in [1.165, 1.54) is 23.2 Å². The van der Waals surface area contributed by atoms with Gasteiger partial charge in [0.15, 0.2) is 0 Å². The van der Waals surface area contributed by atoms with Crippen LogP contribution in [-0.4, -0.2) is 51.3 Å². The molecule has 6 heterocycles. The molecule has 4 N–H and O–H groups in total. The van der Waals surface area contributed by atoms with Crippen LogP contribution < -0.4 is 0 Å². The summed E-state index contributed by atoms with van der Waals surface area (Å²) in [6.45, 7) is 0. The van der Waals surface area contributed by atoms with E-state index in [4.69, 9.17) is 15.2 Å². The van der Waals surface area contributed by atoms with E-state index in [1.54, 1.807) is 30.6 Å². The van der Waals surface area contributed by atoms with E-state index in [2.05, 4.69) is 87.9 Å². The molecule has 0 unspecified atom stereocenters. The molecule has 0 atom stereocenters. The highest BCUT2D eigenvalue weighted by Crippen LogP contribution is 2.61. The zero-order valence-electron chi connectivity index (χ0n) is 26.1. The van der Waals surface area contributed by atoms with Gasteiger partial charge < -0.3 is 15.0 Å². The van der Waals surface area contributed by atoms with E-state index in [0.29, 0.717) is 21.8 Å². The monoisotopic (exact) mass is 882 g/mol. The smallest absolute Gasteiger partial charge is 0.339 e. The maximum Gasteiger partial charge on any atom is 0.339 e. The Morgan fingerprint density at radius 2 is 0.964 bits per heavy atom. The molecule has 6 aromatic heterocycles. The Kier molecular flexibility index (Phi) is 14.9. The molecule has 0 saturated carbocycles. The van der Waals surface area contributed by atoms with Crippen LogP contribution in [0, 0.1) is 0 Å². The van der Waals surface area contributed by atoms with Gasteiger partial charge in [-0.05, 0) is 58.0 Å². The fourth-order valence-corrected chi connectivity index (χ4v) is 7.08. The second kappa shape index (κ2) is 18.1. The molecule has 0 aliphatic carbocycles. The van der Waals surface area contributed by atoms with Crippen molar-refractivity contribution in [2.75, 3.05) is 0 Å². The molecule has 0 saturated heterocycles. The minimum absolute atomic E-state index is 0. The van der Waals surface area contributed by atoms with Crippen molar-refractivity contribution in [3.05, 3.63) is 116 Å². The number of rotatable bonds is 2. The minimum Gasteiger partial charge on any atom is -0.359 e. The lowest BCUT2D eigenvalue weighted by molar-refractivity contribution is 0.484. The number of pyridine rings is 3. The van der Waals surface area contributed by atoms with Crippen LogP contribution in [0.2, 0.25) is 0 Å². The van der Waals surface area contributed by atoms with Crippen molar-refractivity contribution in [3.63, 3.8) is 0 Å². The summed E-state index contributed by atoms with van der Waals surface area (Å²) in [5.74, 6) is 0. The number of aromatic amines is 3. The highest BCUT2D eigenvalue weighted by molar-refractivity contribution is 8.24. The van der Waals surface area contributed by atoms with Crippen LogP contribution in [0.3, 0.4) is 0 Å². The lowest BCUT2D eigenvalue weighted by Crippen LogP contribution is -1.96. The van der Waals surface area contributed by atoms with Crippen LogP contribution in [0.25, 0.3) is 65.4 Å². The Morgan fingerprint density at radius 1 is 0.545 bits per heavy atom. The molecule has 55 heavy (non-hydrogen) atoms. The van der Waals surface area contributed by atoms with E-state index in [9.17, 15) is 21.4 Å². The maximum absolute atomic E-state index is 11.4. The van der Waals surface area contributed by atoms with Gasteiger partial charge in [0.1, 0.15) is 9.79 Å². The van der Waals surface area contributed by atoms with E-state index < -0.39 is 24.4 Å². The zero-order valence-corrected chi connectivity index (χ0v) is 31.6. The second-order valence-corrected chi connectivity index (χ2v) is 21.4. The van der Waals surface area contributed by atoms with Gasteiger partial charge in [0.25, 0.3) is 19.2 Å². The van der Waals surface area contributed by atoms with Crippen molar-refractivity contribution in [1.29, 1.82) is 0 Å². The van der Waals surface area contributed by atoms with E-state index in [-0.39, 0.29) is 32.1 Å². The number of nitrogens with zero attached hydrogens (tertiary/aromatic N) is 3. The Bertz CT molecular complexity index is 2870. The van der Waals surface area contributed by atoms with Gasteiger partial charge in [-0.3, -0.25) is 24.1 Å². The summed E-state index contributed by atoms with van der Waals surface area (Å²) in [6, 6.07) is 24.8. The van der Waals surface area contributed by atoms with E-state index in [1.807, 2.05) is 48.8 Å². The largest absolute Gasteiger partial charge is 0.359 e. The molecule has 9 aromatic rings. The molecule has 0 amide bonds. The second-order valence-electron chi connectivity index (χ2n) is 10.8. The molecule has 19 heteroatoms. The van der Waals surface area contributed by atoms with Gasteiger partial charge in [0.2, 0.25) is 0 Å². The molecule has 0 aliphatic heterocycles. The van der Waals surface area contributed by atoms with E-state index >= 15 is 0 Å². The first kappa shape index (κ1) is 45.2. The molecule has 0 bridgehead atoms. The average molecular weight is 885 g/mol. The molecule has 12 nitrogen and oxygen atoms in total. The van der Waals surface area contributed by atoms with Gasteiger partial charge in [0.05, 0.1) is 33.1 Å². The zero-order chi connectivity index (χ0) is 37.3. The summed E-state index contributed by atoms with van der Waals surface area (Å²) in [4.78, 5) is 21.7. The molecule has 0 radical (unpaired) electrons. The highest BCUT2D eigenvalue weighted by Gasteiger charge is 2.19. The van der Waals surface area contributed by atoms with Gasteiger partial charge in [-0.1, -0.05) is 76.9 Å². The quantitative estimate of drug-likeness (QED) is 0.0743. The number of halogens is 4. The number of fused-ring (bicyclic) bond motifs is 9. The first-order valence-electron chi connectivity index (χ1n) is 14.7. The molecule has 290 valence electrons. The summed E-state index contributed by atoms with van der Waals surface area (Å²) in [5.41, 5.74) is 4.87. The third-order valence-corrected chi connectivity index (χ3v) is 9.84. The third-order valence-electron chi connectivity index (χ3n) is 7.61. The van der Waals surface area contributed by atoms with Crippen LogP contribution in [0.15, 0.2) is 126 Å². The lowest BCUT2D eigenvalue weighted by atomic mass is 10.1. The first-order valence-corrected chi connectivity index (χ1v) is 22.9. The SMILES string of the molecule is C.C.C.O=P(Cl)(Cl)Cl.O=S(=O)(Cl)c1cnc2c1ccc1ccc[nH]c12.O=S(=O)(O)c1cnc2c1ccc1ccc[nH]c12.c1cnc2c(c1)ccc1cc[nH]c12.